The van der Waals surface area contributed by atoms with E-state index in [0.29, 0.717) is 42.6 Å². The van der Waals surface area contributed by atoms with Crippen LogP contribution in [0.5, 0.6) is 0 Å². The third-order valence-electron chi connectivity index (χ3n) is 4.68. The van der Waals surface area contributed by atoms with Crippen LogP contribution in [0.3, 0.4) is 0 Å². The topological polar surface area (TPSA) is 95.8 Å². The van der Waals surface area contributed by atoms with Gasteiger partial charge in [0.15, 0.2) is 0 Å². The van der Waals surface area contributed by atoms with E-state index in [-0.39, 0.29) is 22.2 Å². The molecule has 3 rings (SSSR count). The molecule has 0 radical (unpaired) electrons. The fraction of sp³-hybridized carbons (Fsp3) is 0.263. The average molecular weight is 437 g/mol. The van der Waals surface area contributed by atoms with E-state index >= 15 is 0 Å². The lowest BCUT2D eigenvalue weighted by Crippen LogP contribution is -2.48. The summed E-state index contributed by atoms with van der Waals surface area (Å²) in [6.07, 6.45) is 0. The van der Waals surface area contributed by atoms with Crippen LogP contribution in [0.1, 0.15) is 17.3 Å². The van der Waals surface area contributed by atoms with Crippen molar-refractivity contribution in [3.8, 4) is 0 Å². The molecule has 2 amide bonds. The molecule has 152 valence electrons. The number of nitro benzene ring substituents is 1. The van der Waals surface area contributed by atoms with E-state index in [1.54, 1.807) is 23.1 Å². The number of rotatable bonds is 4. The second-order valence-corrected chi connectivity index (χ2v) is 7.32. The molecule has 10 heteroatoms. The van der Waals surface area contributed by atoms with Gasteiger partial charge in [0.05, 0.1) is 21.3 Å². The van der Waals surface area contributed by atoms with Gasteiger partial charge in [-0.15, -0.1) is 0 Å². The highest BCUT2D eigenvalue weighted by molar-refractivity contribution is 6.34. The van der Waals surface area contributed by atoms with Gasteiger partial charge in [0, 0.05) is 44.7 Å². The first-order chi connectivity index (χ1) is 13.8. The fourth-order valence-electron chi connectivity index (χ4n) is 3.17. The van der Waals surface area contributed by atoms with Crippen molar-refractivity contribution in [2.45, 2.75) is 6.92 Å². The minimum absolute atomic E-state index is 0.0154. The molecule has 8 nitrogen and oxygen atoms in total. The lowest BCUT2D eigenvalue weighted by atomic mass is 10.1. The SMILES string of the molecule is CC(=O)N1CCN(c2c(Cl)cccc2NC(=O)c2ccc(Cl)c([N+](=O)[O-])c2)CC1. The highest BCUT2D eigenvalue weighted by Gasteiger charge is 2.24. The van der Waals surface area contributed by atoms with E-state index in [2.05, 4.69) is 5.32 Å². The van der Waals surface area contributed by atoms with E-state index in [9.17, 15) is 19.7 Å². The van der Waals surface area contributed by atoms with Crippen molar-refractivity contribution in [2.24, 2.45) is 0 Å². The molecule has 0 saturated carbocycles. The summed E-state index contributed by atoms with van der Waals surface area (Å²) in [7, 11) is 0. The Morgan fingerprint density at radius 1 is 1.07 bits per heavy atom. The number of halogens is 2. The number of nitrogens with zero attached hydrogens (tertiary/aromatic N) is 3. The van der Waals surface area contributed by atoms with Gasteiger partial charge in [-0.1, -0.05) is 29.3 Å². The van der Waals surface area contributed by atoms with Crippen molar-refractivity contribution in [2.75, 3.05) is 36.4 Å². The van der Waals surface area contributed by atoms with Gasteiger partial charge in [0.25, 0.3) is 11.6 Å². The molecule has 0 unspecified atom stereocenters. The number of hydrogen-bond acceptors (Lipinski definition) is 5. The fourth-order valence-corrected chi connectivity index (χ4v) is 3.65. The van der Waals surface area contributed by atoms with Crippen molar-refractivity contribution in [1.29, 1.82) is 0 Å². The van der Waals surface area contributed by atoms with Crippen molar-refractivity contribution < 1.29 is 14.5 Å². The van der Waals surface area contributed by atoms with Crippen molar-refractivity contribution in [1.82, 2.24) is 4.90 Å². The monoisotopic (exact) mass is 436 g/mol. The number of nitrogens with one attached hydrogen (secondary N) is 1. The molecule has 1 fully saturated rings. The summed E-state index contributed by atoms with van der Waals surface area (Å²) in [6, 6.07) is 9.00. The Morgan fingerprint density at radius 3 is 2.38 bits per heavy atom. The van der Waals surface area contributed by atoms with Crippen LogP contribution in [0.4, 0.5) is 17.1 Å². The first-order valence-electron chi connectivity index (χ1n) is 8.82. The smallest absolute Gasteiger partial charge is 0.288 e. The number of amides is 2. The molecule has 1 saturated heterocycles. The minimum atomic E-state index is -0.640. The van der Waals surface area contributed by atoms with E-state index in [1.807, 2.05) is 4.90 Å². The highest BCUT2D eigenvalue weighted by atomic mass is 35.5. The molecule has 1 aliphatic heterocycles. The Kier molecular flexibility index (Phi) is 6.24. The van der Waals surface area contributed by atoms with E-state index < -0.39 is 10.8 Å². The lowest BCUT2D eigenvalue weighted by Gasteiger charge is -2.37. The van der Waals surface area contributed by atoms with Gasteiger partial charge in [0.1, 0.15) is 5.02 Å². The number of anilines is 2. The molecule has 0 atom stereocenters. The summed E-state index contributed by atoms with van der Waals surface area (Å²) in [5.74, 6) is -0.502. The molecular weight excluding hydrogens is 419 g/mol. The third kappa shape index (κ3) is 4.60. The van der Waals surface area contributed by atoms with Crippen LogP contribution >= 0.6 is 23.2 Å². The summed E-state index contributed by atoms with van der Waals surface area (Å²) < 4.78 is 0. The third-order valence-corrected chi connectivity index (χ3v) is 5.31. The normalized spacial score (nSPS) is 13.9. The van der Waals surface area contributed by atoms with Gasteiger partial charge < -0.3 is 15.1 Å². The summed E-state index contributed by atoms with van der Waals surface area (Å²) in [5, 5.41) is 14.3. The molecule has 0 aliphatic carbocycles. The summed E-state index contributed by atoms with van der Waals surface area (Å²) in [4.78, 5) is 38.4. The molecule has 2 aromatic carbocycles. The quantitative estimate of drug-likeness (QED) is 0.580. The zero-order chi connectivity index (χ0) is 21.1. The Morgan fingerprint density at radius 2 is 1.76 bits per heavy atom. The highest BCUT2D eigenvalue weighted by Crippen LogP contribution is 2.35. The van der Waals surface area contributed by atoms with Gasteiger partial charge in [-0.2, -0.15) is 0 Å². The zero-order valence-corrected chi connectivity index (χ0v) is 17.0. The van der Waals surface area contributed by atoms with Gasteiger partial charge >= 0.3 is 0 Å². The Labute approximate surface area is 177 Å². The van der Waals surface area contributed by atoms with Crippen LogP contribution in [0.25, 0.3) is 0 Å². The number of para-hydroxylation sites is 1. The molecule has 0 spiro atoms. The maximum absolute atomic E-state index is 12.7. The molecule has 29 heavy (non-hydrogen) atoms. The lowest BCUT2D eigenvalue weighted by molar-refractivity contribution is -0.384. The standard InChI is InChI=1S/C19H18Cl2N4O4/c1-12(26)23-7-9-24(10-8-23)18-15(21)3-2-4-16(18)22-19(27)13-5-6-14(20)17(11-13)25(28)29/h2-6,11H,7-10H2,1H3,(H,22,27). The molecule has 1 N–H and O–H groups in total. The molecule has 2 aromatic rings. The Bertz CT molecular complexity index is 975. The number of hydrogen-bond donors (Lipinski definition) is 1. The predicted molar refractivity (Wildman–Crippen MR) is 112 cm³/mol. The predicted octanol–water partition coefficient (Wildman–Crippen LogP) is 3.82. The number of piperazine rings is 1. The second kappa shape index (κ2) is 8.67. The maximum atomic E-state index is 12.7. The first-order valence-corrected chi connectivity index (χ1v) is 9.58. The summed E-state index contributed by atoms with van der Waals surface area (Å²) in [5.41, 5.74) is 0.893. The second-order valence-electron chi connectivity index (χ2n) is 6.51. The van der Waals surface area contributed by atoms with Crippen LogP contribution in [-0.4, -0.2) is 47.8 Å². The van der Waals surface area contributed by atoms with Crippen LogP contribution in [0.15, 0.2) is 36.4 Å². The van der Waals surface area contributed by atoms with Gasteiger partial charge in [-0.3, -0.25) is 19.7 Å². The van der Waals surface area contributed by atoms with Crippen molar-refractivity contribution in [3.63, 3.8) is 0 Å². The van der Waals surface area contributed by atoms with Crippen molar-refractivity contribution in [3.05, 3.63) is 62.1 Å². The first kappa shape index (κ1) is 20.9. The van der Waals surface area contributed by atoms with Gasteiger partial charge in [0.2, 0.25) is 5.91 Å². The van der Waals surface area contributed by atoms with Crippen LogP contribution in [0, 0.1) is 10.1 Å². The number of nitro groups is 1. The van der Waals surface area contributed by atoms with E-state index in [1.165, 1.54) is 19.1 Å². The zero-order valence-electron chi connectivity index (χ0n) is 15.5. The largest absolute Gasteiger partial charge is 0.365 e. The number of benzene rings is 2. The van der Waals surface area contributed by atoms with E-state index in [0.717, 1.165) is 6.07 Å². The summed E-state index contributed by atoms with van der Waals surface area (Å²) in [6.45, 7) is 3.77. The summed E-state index contributed by atoms with van der Waals surface area (Å²) >= 11 is 12.2. The number of carbonyl (C=O) groups is 2. The molecule has 1 heterocycles. The van der Waals surface area contributed by atoms with Crippen LogP contribution < -0.4 is 10.2 Å². The average Bonchev–Trinajstić information content (AvgIpc) is 2.68. The molecular formula is C19H18Cl2N4O4. The number of carbonyl (C=O) groups excluding carboxylic acids is 2. The van der Waals surface area contributed by atoms with Crippen molar-refractivity contribution >= 4 is 52.1 Å². The minimum Gasteiger partial charge on any atom is -0.365 e. The molecule has 0 bridgehead atoms. The van der Waals surface area contributed by atoms with Crippen LogP contribution in [0.2, 0.25) is 10.0 Å². The maximum Gasteiger partial charge on any atom is 0.288 e. The van der Waals surface area contributed by atoms with Gasteiger partial charge in [-0.05, 0) is 24.3 Å². The molecule has 0 aromatic heterocycles. The van der Waals surface area contributed by atoms with Crippen LogP contribution in [-0.2, 0) is 4.79 Å². The Balaban J connectivity index is 1.84. The van der Waals surface area contributed by atoms with Gasteiger partial charge in [-0.25, -0.2) is 0 Å². The Hall–Kier alpha value is -2.84. The van der Waals surface area contributed by atoms with E-state index in [4.69, 9.17) is 23.2 Å². The molecule has 1 aliphatic rings.